The van der Waals surface area contributed by atoms with Gasteiger partial charge in [-0.25, -0.2) is 0 Å². The zero-order chi connectivity index (χ0) is 14.6. The van der Waals surface area contributed by atoms with E-state index in [4.69, 9.17) is 5.73 Å². The first-order valence-corrected chi connectivity index (χ1v) is 7.63. The van der Waals surface area contributed by atoms with Crippen LogP contribution in [0.25, 0.3) is 0 Å². The lowest BCUT2D eigenvalue weighted by Crippen LogP contribution is -2.31. The van der Waals surface area contributed by atoms with E-state index in [0.29, 0.717) is 0 Å². The van der Waals surface area contributed by atoms with Gasteiger partial charge in [0.05, 0.1) is 11.4 Å². The second kappa shape index (κ2) is 6.31. The molecule has 3 N–H and O–H groups in total. The van der Waals surface area contributed by atoms with Gasteiger partial charge < -0.3 is 11.1 Å². The third kappa shape index (κ3) is 4.27. The lowest BCUT2D eigenvalue weighted by Gasteiger charge is -2.28. The van der Waals surface area contributed by atoms with Gasteiger partial charge in [-0.2, -0.15) is 0 Å². The molecule has 3 heteroatoms. The van der Waals surface area contributed by atoms with Gasteiger partial charge in [0.2, 0.25) is 0 Å². The lowest BCUT2D eigenvalue weighted by molar-refractivity contribution is 0.519. The summed E-state index contributed by atoms with van der Waals surface area (Å²) < 4.78 is 1.00. The average Bonchev–Trinajstić information content (AvgIpc) is 2.41. The van der Waals surface area contributed by atoms with E-state index < -0.39 is 0 Å². The first kappa shape index (κ1) is 14.9. The van der Waals surface area contributed by atoms with Gasteiger partial charge in [-0.1, -0.05) is 46.3 Å². The quantitative estimate of drug-likeness (QED) is 0.767. The normalized spacial score (nSPS) is 11.3. The number of hydrogen-bond acceptors (Lipinski definition) is 2. The number of anilines is 2. The molecule has 20 heavy (non-hydrogen) atoms. The van der Waals surface area contributed by atoms with Crippen LogP contribution < -0.4 is 11.1 Å². The smallest absolute Gasteiger partial charge is 0.0578 e. The van der Waals surface area contributed by atoms with E-state index in [9.17, 15) is 0 Å². The molecule has 2 rings (SSSR count). The van der Waals surface area contributed by atoms with E-state index in [-0.39, 0.29) is 5.54 Å². The zero-order valence-electron chi connectivity index (χ0n) is 12.0. The molecule has 2 aromatic carbocycles. The highest BCUT2D eigenvalue weighted by molar-refractivity contribution is 9.10. The number of nitrogens with two attached hydrogens (primary N) is 1. The van der Waals surface area contributed by atoms with Crippen LogP contribution in [0.15, 0.2) is 53.0 Å². The molecule has 0 aliphatic carbocycles. The highest BCUT2D eigenvalue weighted by Crippen LogP contribution is 2.27. The van der Waals surface area contributed by atoms with Crippen molar-refractivity contribution in [2.75, 3.05) is 11.1 Å². The van der Waals surface area contributed by atoms with Crippen molar-refractivity contribution in [1.29, 1.82) is 0 Å². The van der Waals surface area contributed by atoms with Gasteiger partial charge in [-0.05, 0) is 50.5 Å². The molecule has 2 nitrogen and oxygen atoms in total. The summed E-state index contributed by atoms with van der Waals surface area (Å²) in [4.78, 5) is 0. The van der Waals surface area contributed by atoms with Gasteiger partial charge in [0, 0.05) is 10.0 Å². The van der Waals surface area contributed by atoms with Crippen LogP contribution in [0.4, 0.5) is 11.4 Å². The van der Waals surface area contributed by atoms with E-state index in [1.54, 1.807) is 0 Å². The minimum atomic E-state index is -0.00219. The van der Waals surface area contributed by atoms with Gasteiger partial charge in [-0.3, -0.25) is 0 Å². The number of nitrogens with one attached hydrogen (secondary N) is 1. The number of benzene rings is 2. The number of hydrogen-bond donors (Lipinski definition) is 2. The first-order chi connectivity index (χ1) is 9.46. The molecule has 106 valence electrons. The SMILES string of the molecule is CC(C)(CCc1ccccc1)Nc1ccc(Br)cc1N. The topological polar surface area (TPSA) is 38.0 Å². The molecule has 0 aliphatic heterocycles. The molecule has 0 aromatic heterocycles. The van der Waals surface area contributed by atoms with Crippen LogP contribution in [0.2, 0.25) is 0 Å². The Kier molecular flexibility index (Phi) is 4.71. The van der Waals surface area contributed by atoms with Crippen LogP contribution in [-0.4, -0.2) is 5.54 Å². The number of nitrogen functional groups attached to an aromatic ring is 1. The van der Waals surface area contributed by atoms with Gasteiger partial charge in [0.15, 0.2) is 0 Å². The Bertz CT molecular complexity index is 564. The van der Waals surface area contributed by atoms with Crippen LogP contribution in [0.5, 0.6) is 0 Å². The maximum atomic E-state index is 6.04. The Morgan fingerprint density at radius 1 is 1.10 bits per heavy atom. The molecule has 0 fully saturated rings. The summed E-state index contributed by atoms with van der Waals surface area (Å²) in [7, 11) is 0. The van der Waals surface area contributed by atoms with Crippen LogP contribution in [-0.2, 0) is 6.42 Å². The zero-order valence-corrected chi connectivity index (χ0v) is 13.6. The van der Waals surface area contributed by atoms with Gasteiger partial charge >= 0.3 is 0 Å². The second-order valence-corrected chi connectivity index (χ2v) is 6.64. The maximum absolute atomic E-state index is 6.04. The Morgan fingerprint density at radius 2 is 1.80 bits per heavy atom. The Labute approximate surface area is 129 Å². The monoisotopic (exact) mass is 332 g/mol. The van der Waals surface area contributed by atoms with E-state index in [1.807, 2.05) is 18.2 Å². The highest BCUT2D eigenvalue weighted by atomic mass is 79.9. The Balaban J connectivity index is 2.00. The summed E-state index contributed by atoms with van der Waals surface area (Å²) in [6, 6.07) is 16.5. The largest absolute Gasteiger partial charge is 0.397 e. The Hall–Kier alpha value is -1.48. The molecule has 0 saturated heterocycles. The Morgan fingerprint density at radius 3 is 2.45 bits per heavy atom. The van der Waals surface area contributed by atoms with Crippen LogP contribution in [0, 0.1) is 0 Å². The highest BCUT2D eigenvalue weighted by Gasteiger charge is 2.18. The first-order valence-electron chi connectivity index (χ1n) is 6.83. The van der Waals surface area contributed by atoms with Crippen molar-refractivity contribution in [3.05, 3.63) is 58.6 Å². The van der Waals surface area contributed by atoms with Crippen molar-refractivity contribution in [2.24, 2.45) is 0 Å². The van der Waals surface area contributed by atoms with Crippen LogP contribution in [0.1, 0.15) is 25.8 Å². The summed E-state index contributed by atoms with van der Waals surface area (Å²) in [5.41, 5.74) is 9.17. The molecule has 0 saturated carbocycles. The van der Waals surface area contributed by atoms with Crippen molar-refractivity contribution in [1.82, 2.24) is 0 Å². The summed E-state index contributed by atoms with van der Waals surface area (Å²) in [5.74, 6) is 0. The summed E-state index contributed by atoms with van der Waals surface area (Å²) in [6.45, 7) is 4.41. The minimum absolute atomic E-state index is 0.00219. The molecule has 0 unspecified atom stereocenters. The molecule has 0 amide bonds. The number of halogens is 1. The fourth-order valence-corrected chi connectivity index (χ4v) is 2.55. The van der Waals surface area contributed by atoms with E-state index >= 15 is 0 Å². The third-order valence-electron chi connectivity index (χ3n) is 3.37. The number of rotatable bonds is 5. The van der Waals surface area contributed by atoms with Gasteiger partial charge in [-0.15, -0.1) is 0 Å². The maximum Gasteiger partial charge on any atom is 0.0578 e. The fraction of sp³-hybridized carbons (Fsp3) is 0.294. The number of aryl methyl sites for hydroxylation is 1. The van der Waals surface area contributed by atoms with E-state index in [0.717, 1.165) is 28.7 Å². The molecule has 0 aliphatic rings. The minimum Gasteiger partial charge on any atom is -0.397 e. The van der Waals surface area contributed by atoms with Crippen molar-refractivity contribution >= 4 is 27.3 Å². The summed E-state index contributed by atoms with van der Waals surface area (Å²) in [6.07, 6.45) is 2.10. The van der Waals surface area contributed by atoms with Crippen molar-refractivity contribution in [3.8, 4) is 0 Å². The van der Waals surface area contributed by atoms with Crippen LogP contribution >= 0.6 is 15.9 Å². The molecule has 0 spiro atoms. The van der Waals surface area contributed by atoms with E-state index in [1.165, 1.54) is 5.56 Å². The van der Waals surface area contributed by atoms with Crippen molar-refractivity contribution in [2.45, 2.75) is 32.2 Å². The summed E-state index contributed by atoms with van der Waals surface area (Å²) in [5, 5.41) is 3.54. The van der Waals surface area contributed by atoms with E-state index in [2.05, 4.69) is 65.4 Å². The average molecular weight is 333 g/mol. The molecular weight excluding hydrogens is 312 g/mol. The van der Waals surface area contributed by atoms with Crippen molar-refractivity contribution < 1.29 is 0 Å². The van der Waals surface area contributed by atoms with Gasteiger partial charge in [0.25, 0.3) is 0 Å². The second-order valence-electron chi connectivity index (χ2n) is 5.73. The lowest BCUT2D eigenvalue weighted by atomic mass is 9.95. The van der Waals surface area contributed by atoms with Crippen molar-refractivity contribution in [3.63, 3.8) is 0 Å². The predicted octanol–water partition coefficient (Wildman–Crippen LogP) is 4.85. The molecular formula is C17H21BrN2. The molecule has 0 atom stereocenters. The predicted molar refractivity (Wildman–Crippen MR) is 91.0 cm³/mol. The molecule has 0 radical (unpaired) electrons. The molecule has 2 aromatic rings. The van der Waals surface area contributed by atoms with Gasteiger partial charge in [0.1, 0.15) is 0 Å². The standard InChI is InChI=1S/C17H21BrN2/c1-17(2,11-10-13-6-4-3-5-7-13)20-16-9-8-14(18)12-15(16)19/h3-9,12,20H,10-11,19H2,1-2H3. The summed E-state index contributed by atoms with van der Waals surface area (Å²) >= 11 is 3.43. The molecule has 0 bridgehead atoms. The third-order valence-corrected chi connectivity index (χ3v) is 3.86. The van der Waals surface area contributed by atoms with Crippen LogP contribution in [0.3, 0.4) is 0 Å². The fourth-order valence-electron chi connectivity index (χ4n) is 2.18. The molecule has 0 heterocycles.